The van der Waals surface area contributed by atoms with Crippen molar-refractivity contribution in [3.8, 4) is 22.6 Å². The van der Waals surface area contributed by atoms with Crippen molar-refractivity contribution in [1.29, 1.82) is 0 Å². The molecule has 130 valence electrons. The van der Waals surface area contributed by atoms with E-state index in [1.54, 1.807) is 48.8 Å². The monoisotopic (exact) mass is 350 g/mol. The van der Waals surface area contributed by atoms with E-state index in [2.05, 4.69) is 10.3 Å². The van der Waals surface area contributed by atoms with Crippen LogP contribution in [0.4, 0.5) is 10.1 Å². The predicted octanol–water partition coefficient (Wildman–Crippen LogP) is 3.67. The summed E-state index contributed by atoms with van der Waals surface area (Å²) in [5.74, 6) is 0.0942. The van der Waals surface area contributed by atoms with Crippen molar-refractivity contribution in [2.75, 3.05) is 11.9 Å². The number of carbonyl (C=O) groups excluding carboxylic acids is 1. The summed E-state index contributed by atoms with van der Waals surface area (Å²) in [6, 6.07) is 15.3. The standard InChI is InChI=1S/C20H15FN2O3/c21-15-11-14(13-7-9-22-10-8-13)5-6-16(15)23-20(24)19-12-25-17-3-1-2-4-18(17)26-19/h1-11,19H,12H2,(H,23,24)/t19-/m0/s1. The van der Waals surface area contributed by atoms with Gasteiger partial charge in [0.05, 0.1) is 5.69 Å². The zero-order chi connectivity index (χ0) is 17.9. The Bertz CT molecular complexity index is 947. The predicted molar refractivity (Wildman–Crippen MR) is 94.6 cm³/mol. The van der Waals surface area contributed by atoms with Crippen LogP contribution in [0.25, 0.3) is 11.1 Å². The zero-order valence-electron chi connectivity index (χ0n) is 13.7. The number of benzene rings is 2. The third-order valence-corrected chi connectivity index (χ3v) is 4.04. The lowest BCUT2D eigenvalue weighted by Gasteiger charge is -2.25. The summed E-state index contributed by atoms with van der Waals surface area (Å²) in [6.45, 7) is 0.0690. The molecule has 0 spiro atoms. The minimum Gasteiger partial charge on any atom is -0.485 e. The fraction of sp³-hybridized carbons (Fsp3) is 0.100. The zero-order valence-corrected chi connectivity index (χ0v) is 13.7. The Morgan fingerprint density at radius 3 is 2.58 bits per heavy atom. The fourth-order valence-electron chi connectivity index (χ4n) is 2.70. The lowest BCUT2D eigenvalue weighted by Crippen LogP contribution is -2.40. The molecule has 3 aromatic rings. The summed E-state index contributed by atoms with van der Waals surface area (Å²) in [4.78, 5) is 16.3. The van der Waals surface area contributed by atoms with Crippen molar-refractivity contribution in [2.45, 2.75) is 6.10 Å². The van der Waals surface area contributed by atoms with Crippen LogP contribution in [0.1, 0.15) is 0 Å². The number of nitrogens with one attached hydrogen (secondary N) is 1. The first-order valence-corrected chi connectivity index (χ1v) is 8.10. The molecule has 0 aliphatic carbocycles. The minimum absolute atomic E-state index is 0.0690. The molecule has 0 unspecified atom stereocenters. The van der Waals surface area contributed by atoms with Gasteiger partial charge in [-0.25, -0.2) is 4.39 Å². The Hall–Kier alpha value is -3.41. The number of carbonyl (C=O) groups is 1. The number of nitrogens with zero attached hydrogens (tertiary/aromatic N) is 1. The Morgan fingerprint density at radius 2 is 1.81 bits per heavy atom. The number of hydrogen-bond acceptors (Lipinski definition) is 4. The molecule has 6 heteroatoms. The molecule has 1 aromatic heterocycles. The Morgan fingerprint density at radius 1 is 1.04 bits per heavy atom. The second kappa shape index (κ2) is 6.84. The van der Waals surface area contributed by atoms with E-state index < -0.39 is 17.8 Å². The largest absolute Gasteiger partial charge is 0.485 e. The summed E-state index contributed by atoms with van der Waals surface area (Å²) >= 11 is 0. The maximum Gasteiger partial charge on any atom is 0.269 e. The van der Waals surface area contributed by atoms with Crippen molar-refractivity contribution in [1.82, 2.24) is 4.98 Å². The van der Waals surface area contributed by atoms with Crippen LogP contribution in [0, 0.1) is 5.82 Å². The third-order valence-electron chi connectivity index (χ3n) is 4.04. The van der Waals surface area contributed by atoms with Crippen LogP contribution in [0.15, 0.2) is 67.0 Å². The van der Waals surface area contributed by atoms with Gasteiger partial charge in [0.25, 0.3) is 5.91 Å². The molecule has 1 aliphatic rings. The maximum atomic E-state index is 14.4. The average molecular weight is 350 g/mol. The van der Waals surface area contributed by atoms with Gasteiger partial charge in [-0.3, -0.25) is 9.78 Å². The van der Waals surface area contributed by atoms with Gasteiger partial charge in [-0.1, -0.05) is 18.2 Å². The third kappa shape index (κ3) is 3.21. The number of pyridine rings is 1. The van der Waals surface area contributed by atoms with Gasteiger partial charge >= 0.3 is 0 Å². The van der Waals surface area contributed by atoms with E-state index in [9.17, 15) is 9.18 Å². The molecule has 4 rings (SSSR count). The summed E-state index contributed by atoms with van der Waals surface area (Å²) in [6.07, 6.45) is 2.44. The van der Waals surface area contributed by atoms with Crippen LogP contribution in [-0.4, -0.2) is 23.6 Å². The molecule has 0 radical (unpaired) electrons. The summed E-state index contributed by atoms with van der Waals surface area (Å²) < 4.78 is 25.5. The number of hydrogen-bond donors (Lipinski definition) is 1. The number of rotatable bonds is 3. The number of halogens is 1. The molecule has 2 aromatic carbocycles. The second-order valence-corrected chi connectivity index (χ2v) is 5.78. The highest BCUT2D eigenvalue weighted by Gasteiger charge is 2.27. The van der Waals surface area contributed by atoms with Crippen LogP contribution in [0.2, 0.25) is 0 Å². The van der Waals surface area contributed by atoms with Crippen LogP contribution >= 0.6 is 0 Å². The van der Waals surface area contributed by atoms with Gasteiger partial charge in [-0.15, -0.1) is 0 Å². The van der Waals surface area contributed by atoms with E-state index in [1.165, 1.54) is 12.1 Å². The van der Waals surface area contributed by atoms with Gasteiger partial charge in [-0.05, 0) is 47.5 Å². The second-order valence-electron chi connectivity index (χ2n) is 5.78. The van der Waals surface area contributed by atoms with E-state index in [4.69, 9.17) is 9.47 Å². The van der Waals surface area contributed by atoms with E-state index in [-0.39, 0.29) is 12.3 Å². The molecule has 1 atom stereocenters. The lowest BCUT2D eigenvalue weighted by atomic mass is 10.1. The van der Waals surface area contributed by atoms with Gasteiger partial charge in [0, 0.05) is 12.4 Å². The smallest absolute Gasteiger partial charge is 0.269 e. The molecule has 0 fully saturated rings. The molecule has 2 heterocycles. The minimum atomic E-state index is -0.843. The molecule has 1 amide bonds. The molecule has 0 saturated heterocycles. The molecule has 1 aliphatic heterocycles. The average Bonchev–Trinajstić information content (AvgIpc) is 2.69. The molecule has 26 heavy (non-hydrogen) atoms. The summed E-state index contributed by atoms with van der Waals surface area (Å²) in [5.41, 5.74) is 1.64. The summed E-state index contributed by atoms with van der Waals surface area (Å²) in [7, 11) is 0. The lowest BCUT2D eigenvalue weighted by molar-refractivity contribution is -0.125. The molecule has 0 saturated carbocycles. The number of anilines is 1. The van der Waals surface area contributed by atoms with Gasteiger partial charge < -0.3 is 14.8 Å². The Kier molecular flexibility index (Phi) is 4.23. The van der Waals surface area contributed by atoms with Crippen LogP contribution < -0.4 is 14.8 Å². The van der Waals surface area contributed by atoms with Gasteiger partial charge in [-0.2, -0.15) is 0 Å². The number of aromatic nitrogens is 1. The van der Waals surface area contributed by atoms with Crippen LogP contribution in [0.3, 0.4) is 0 Å². The number of para-hydroxylation sites is 2. The molecular weight excluding hydrogens is 335 g/mol. The molecule has 0 bridgehead atoms. The normalized spacial score (nSPS) is 15.3. The fourth-order valence-corrected chi connectivity index (χ4v) is 2.70. The number of ether oxygens (including phenoxy) is 2. The first kappa shape index (κ1) is 16.1. The van der Waals surface area contributed by atoms with Crippen molar-refractivity contribution < 1.29 is 18.7 Å². The van der Waals surface area contributed by atoms with E-state index in [1.807, 2.05) is 6.07 Å². The van der Waals surface area contributed by atoms with Gasteiger partial charge in [0.2, 0.25) is 6.10 Å². The van der Waals surface area contributed by atoms with Crippen molar-refractivity contribution in [2.24, 2.45) is 0 Å². The maximum absolute atomic E-state index is 14.4. The van der Waals surface area contributed by atoms with E-state index in [0.29, 0.717) is 17.1 Å². The van der Waals surface area contributed by atoms with Crippen LogP contribution in [0.5, 0.6) is 11.5 Å². The molecule has 1 N–H and O–H groups in total. The SMILES string of the molecule is O=C(Nc1ccc(-c2ccncc2)cc1F)[C@@H]1COc2ccccc2O1. The van der Waals surface area contributed by atoms with Crippen molar-refractivity contribution in [3.05, 3.63) is 72.8 Å². The Labute approximate surface area is 149 Å². The highest BCUT2D eigenvalue weighted by Crippen LogP contribution is 2.31. The molecule has 5 nitrogen and oxygen atoms in total. The van der Waals surface area contributed by atoms with E-state index >= 15 is 0 Å². The highest BCUT2D eigenvalue weighted by molar-refractivity contribution is 5.95. The summed E-state index contributed by atoms with van der Waals surface area (Å²) in [5, 5.41) is 2.56. The molecular formula is C20H15FN2O3. The highest BCUT2D eigenvalue weighted by atomic mass is 19.1. The quantitative estimate of drug-likeness (QED) is 0.783. The number of fused-ring (bicyclic) bond motifs is 1. The van der Waals surface area contributed by atoms with Crippen molar-refractivity contribution >= 4 is 11.6 Å². The first-order valence-electron chi connectivity index (χ1n) is 8.10. The van der Waals surface area contributed by atoms with E-state index in [0.717, 1.165) is 5.56 Å². The van der Waals surface area contributed by atoms with Crippen LogP contribution in [-0.2, 0) is 4.79 Å². The topological polar surface area (TPSA) is 60.5 Å². The van der Waals surface area contributed by atoms with Gasteiger partial charge in [0.15, 0.2) is 11.5 Å². The Balaban J connectivity index is 1.48. The number of amides is 1. The first-order chi connectivity index (χ1) is 12.7. The van der Waals surface area contributed by atoms with Crippen molar-refractivity contribution in [3.63, 3.8) is 0 Å². The van der Waals surface area contributed by atoms with Gasteiger partial charge in [0.1, 0.15) is 12.4 Å².